The minimum Gasteiger partial charge on any atom is -0.381 e. The second kappa shape index (κ2) is 2.28. The topological polar surface area (TPSA) is 62.2 Å². The largest absolute Gasteiger partial charge is 0.381 e. The molecule has 0 saturated carbocycles. The van der Waals surface area contributed by atoms with E-state index in [2.05, 4.69) is 10.3 Å². The highest BCUT2D eigenvalue weighted by Crippen LogP contribution is 2.23. The zero-order valence-corrected chi connectivity index (χ0v) is 6.34. The molecule has 1 aromatic rings. The Bertz CT molecular complexity index is 272. The van der Waals surface area contributed by atoms with Gasteiger partial charge in [0.1, 0.15) is 6.04 Å². The Morgan fingerprint density at radius 3 is 3.00 bits per heavy atom. The maximum Gasteiger partial charge on any atom is 0.252 e. The first-order valence-corrected chi connectivity index (χ1v) is 4.10. The van der Waals surface area contributed by atoms with Crippen molar-refractivity contribution in [1.82, 2.24) is 10.3 Å². The molecule has 4 nitrogen and oxygen atoms in total. The molecule has 2 atom stereocenters. The molecule has 2 heterocycles. The number of rotatable bonds is 1. The number of amides is 1. The minimum absolute atomic E-state index is 0.284. The van der Waals surface area contributed by atoms with Crippen molar-refractivity contribution in [3.63, 3.8) is 0 Å². The second-order valence-corrected chi connectivity index (χ2v) is 3.06. The highest BCUT2D eigenvalue weighted by molar-refractivity contribution is 7.07. The molecular weight excluding hydrogens is 164 g/mol. The third-order valence-corrected chi connectivity index (χ3v) is 2.26. The zero-order valence-electron chi connectivity index (χ0n) is 5.52. The maximum absolute atomic E-state index is 10.6. The lowest BCUT2D eigenvalue weighted by molar-refractivity contribution is -0.142. The Hall–Kier alpha value is -0.940. The molecule has 0 unspecified atom stereocenters. The third-order valence-electron chi connectivity index (χ3n) is 1.65. The van der Waals surface area contributed by atoms with Crippen molar-refractivity contribution < 1.29 is 9.90 Å². The van der Waals surface area contributed by atoms with Crippen LogP contribution in [0.1, 0.15) is 11.7 Å². The van der Waals surface area contributed by atoms with Crippen molar-refractivity contribution in [3.05, 3.63) is 16.6 Å². The van der Waals surface area contributed by atoms with Crippen LogP contribution in [0.5, 0.6) is 0 Å². The number of hydrogen-bond acceptors (Lipinski definition) is 4. The summed E-state index contributed by atoms with van der Waals surface area (Å²) in [7, 11) is 0. The number of nitrogens with one attached hydrogen (secondary N) is 1. The van der Waals surface area contributed by atoms with Gasteiger partial charge in [0, 0.05) is 5.38 Å². The average molecular weight is 170 g/mol. The van der Waals surface area contributed by atoms with Gasteiger partial charge in [0.25, 0.3) is 5.91 Å². The van der Waals surface area contributed by atoms with Gasteiger partial charge in [0.05, 0.1) is 11.2 Å². The number of thiazole rings is 1. The fourth-order valence-corrected chi connectivity index (χ4v) is 1.57. The maximum atomic E-state index is 10.6. The summed E-state index contributed by atoms with van der Waals surface area (Å²) in [5.74, 6) is -0.317. The summed E-state index contributed by atoms with van der Waals surface area (Å²) >= 11 is 1.45. The fraction of sp³-hybridized carbons (Fsp3) is 0.333. The van der Waals surface area contributed by atoms with Crippen LogP contribution >= 0.6 is 11.3 Å². The Morgan fingerprint density at radius 2 is 2.55 bits per heavy atom. The van der Waals surface area contributed by atoms with Gasteiger partial charge < -0.3 is 10.4 Å². The number of β-lactam (4-membered cyclic amide) rings is 1. The van der Waals surface area contributed by atoms with Crippen LogP contribution in [0.4, 0.5) is 0 Å². The summed E-state index contributed by atoms with van der Waals surface area (Å²) in [4.78, 5) is 14.5. The summed E-state index contributed by atoms with van der Waals surface area (Å²) in [6, 6.07) is -0.284. The van der Waals surface area contributed by atoms with Crippen LogP contribution in [0, 0.1) is 0 Å². The number of aliphatic hydroxyl groups excluding tert-OH is 1. The first kappa shape index (κ1) is 6.75. The average Bonchev–Trinajstić information content (AvgIpc) is 2.51. The molecule has 1 aromatic heterocycles. The van der Waals surface area contributed by atoms with Crippen LogP contribution in [0.25, 0.3) is 0 Å². The number of carbonyl (C=O) groups excluding carboxylic acids is 1. The van der Waals surface area contributed by atoms with Gasteiger partial charge >= 0.3 is 0 Å². The lowest BCUT2D eigenvalue weighted by Gasteiger charge is -2.31. The Kier molecular flexibility index (Phi) is 1.40. The predicted molar refractivity (Wildman–Crippen MR) is 39.0 cm³/mol. The SMILES string of the molecule is O=C1N[C@@H](c2cscn2)[C@H]1O. The van der Waals surface area contributed by atoms with Crippen molar-refractivity contribution >= 4 is 17.2 Å². The van der Waals surface area contributed by atoms with E-state index in [1.807, 2.05) is 5.38 Å². The van der Waals surface area contributed by atoms with Gasteiger partial charge in [-0.25, -0.2) is 4.98 Å². The van der Waals surface area contributed by atoms with Crippen LogP contribution in [-0.4, -0.2) is 22.1 Å². The Balaban J connectivity index is 2.15. The molecule has 0 spiro atoms. The van der Waals surface area contributed by atoms with Gasteiger partial charge in [0.2, 0.25) is 0 Å². The first-order valence-electron chi connectivity index (χ1n) is 3.15. The molecule has 1 aliphatic rings. The standard InChI is InChI=1S/C6H6N2O2S/c9-5-4(8-6(5)10)3-1-11-2-7-3/h1-2,4-5,9H,(H,8,10)/t4-,5+/m0/s1. The summed E-state index contributed by atoms with van der Waals surface area (Å²) in [6.07, 6.45) is -0.905. The third kappa shape index (κ3) is 0.928. The van der Waals surface area contributed by atoms with Gasteiger partial charge in [-0.15, -0.1) is 11.3 Å². The Labute approximate surface area is 66.9 Å². The van der Waals surface area contributed by atoms with Gasteiger partial charge in [-0.2, -0.15) is 0 Å². The first-order chi connectivity index (χ1) is 5.29. The number of aromatic nitrogens is 1. The van der Waals surface area contributed by atoms with Crippen molar-refractivity contribution in [2.24, 2.45) is 0 Å². The van der Waals surface area contributed by atoms with Crippen molar-refractivity contribution in [2.45, 2.75) is 12.1 Å². The molecular formula is C6H6N2O2S. The molecule has 11 heavy (non-hydrogen) atoms. The predicted octanol–water partition coefficient (Wildman–Crippen LogP) is -0.325. The lowest BCUT2D eigenvalue weighted by atomic mass is 10.0. The van der Waals surface area contributed by atoms with Gasteiger partial charge in [-0.05, 0) is 0 Å². The van der Waals surface area contributed by atoms with E-state index in [-0.39, 0.29) is 11.9 Å². The summed E-state index contributed by atoms with van der Waals surface area (Å²) in [5, 5.41) is 13.5. The van der Waals surface area contributed by atoms with Crippen LogP contribution in [-0.2, 0) is 4.79 Å². The molecule has 1 saturated heterocycles. The smallest absolute Gasteiger partial charge is 0.252 e. The van der Waals surface area contributed by atoms with E-state index in [1.54, 1.807) is 5.51 Å². The normalized spacial score (nSPS) is 29.4. The van der Waals surface area contributed by atoms with E-state index >= 15 is 0 Å². The van der Waals surface area contributed by atoms with Gasteiger partial charge in [-0.1, -0.05) is 0 Å². The molecule has 2 rings (SSSR count). The molecule has 58 valence electrons. The molecule has 2 N–H and O–H groups in total. The van der Waals surface area contributed by atoms with Crippen molar-refractivity contribution in [2.75, 3.05) is 0 Å². The molecule has 1 aliphatic heterocycles. The molecule has 1 fully saturated rings. The number of carbonyl (C=O) groups is 1. The van der Waals surface area contributed by atoms with E-state index in [9.17, 15) is 4.79 Å². The number of nitrogens with zero attached hydrogens (tertiary/aromatic N) is 1. The zero-order chi connectivity index (χ0) is 7.84. The van der Waals surface area contributed by atoms with Crippen molar-refractivity contribution in [1.29, 1.82) is 0 Å². The van der Waals surface area contributed by atoms with Crippen molar-refractivity contribution in [3.8, 4) is 0 Å². The molecule has 5 heteroatoms. The van der Waals surface area contributed by atoms with E-state index in [0.717, 1.165) is 5.69 Å². The highest BCUT2D eigenvalue weighted by atomic mass is 32.1. The van der Waals surface area contributed by atoms with E-state index in [0.29, 0.717) is 0 Å². The molecule has 0 aromatic carbocycles. The number of hydrogen-bond donors (Lipinski definition) is 2. The lowest BCUT2D eigenvalue weighted by Crippen LogP contribution is -2.55. The monoisotopic (exact) mass is 170 g/mol. The molecule has 0 bridgehead atoms. The molecule has 0 radical (unpaired) electrons. The molecule has 0 aliphatic carbocycles. The summed E-state index contributed by atoms with van der Waals surface area (Å²) in [6.45, 7) is 0. The van der Waals surface area contributed by atoms with Gasteiger partial charge in [-0.3, -0.25) is 4.79 Å². The van der Waals surface area contributed by atoms with E-state index in [1.165, 1.54) is 11.3 Å². The summed E-state index contributed by atoms with van der Waals surface area (Å²) in [5.41, 5.74) is 2.41. The van der Waals surface area contributed by atoms with Crippen LogP contribution in [0.3, 0.4) is 0 Å². The number of aliphatic hydroxyl groups is 1. The fourth-order valence-electron chi connectivity index (χ4n) is 0.984. The van der Waals surface area contributed by atoms with Gasteiger partial charge in [0.15, 0.2) is 6.10 Å². The van der Waals surface area contributed by atoms with E-state index in [4.69, 9.17) is 5.11 Å². The quantitative estimate of drug-likeness (QED) is 0.567. The summed E-state index contributed by atoms with van der Waals surface area (Å²) < 4.78 is 0. The highest BCUT2D eigenvalue weighted by Gasteiger charge is 2.39. The minimum atomic E-state index is -0.905. The Morgan fingerprint density at radius 1 is 1.73 bits per heavy atom. The van der Waals surface area contributed by atoms with Crippen LogP contribution in [0.2, 0.25) is 0 Å². The molecule has 1 amide bonds. The van der Waals surface area contributed by atoms with Crippen LogP contribution < -0.4 is 5.32 Å². The van der Waals surface area contributed by atoms with Crippen LogP contribution in [0.15, 0.2) is 10.9 Å². The second-order valence-electron chi connectivity index (χ2n) is 2.34. The van der Waals surface area contributed by atoms with E-state index < -0.39 is 6.10 Å².